The molecule has 0 fully saturated rings. The van der Waals surface area contributed by atoms with Gasteiger partial charge in [0, 0.05) is 18.9 Å². The second-order valence-corrected chi connectivity index (χ2v) is 7.14. The number of thiazole rings is 1. The van der Waals surface area contributed by atoms with E-state index >= 15 is 0 Å². The van der Waals surface area contributed by atoms with Crippen molar-refractivity contribution in [1.82, 2.24) is 19.9 Å². The van der Waals surface area contributed by atoms with E-state index in [2.05, 4.69) is 27.4 Å². The molecule has 0 spiro atoms. The minimum Gasteiger partial charge on any atom is -0.345 e. The van der Waals surface area contributed by atoms with Crippen LogP contribution in [0.3, 0.4) is 0 Å². The van der Waals surface area contributed by atoms with E-state index in [1.807, 2.05) is 53.2 Å². The van der Waals surface area contributed by atoms with Crippen molar-refractivity contribution >= 4 is 27.5 Å². The third-order valence-electron chi connectivity index (χ3n) is 4.14. The summed E-state index contributed by atoms with van der Waals surface area (Å²) >= 11 is 1.42. The second kappa shape index (κ2) is 7.49. The van der Waals surface area contributed by atoms with Crippen LogP contribution in [0, 0.1) is 0 Å². The minimum absolute atomic E-state index is 0.0499. The summed E-state index contributed by atoms with van der Waals surface area (Å²) in [6.07, 6.45) is 6.16. The molecular formula is C20H18N4OS. The van der Waals surface area contributed by atoms with Gasteiger partial charge in [-0.05, 0) is 24.1 Å². The molecule has 0 aliphatic rings. The van der Waals surface area contributed by atoms with Gasteiger partial charge in [-0.15, -0.1) is 11.3 Å². The Morgan fingerprint density at radius 1 is 1.12 bits per heavy atom. The highest BCUT2D eigenvalue weighted by Crippen LogP contribution is 2.21. The minimum atomic E-state index is -0.132. The first kappa shape index (κ1) is 16.5. The summed E-state index contributed by atoms with van der Waals surface area (Å²) in [6, 6.07) is 17.9. The molecule has 0 radical (unpaired) electrons. The Labute approximate surface area is 155 Å². The highest BCUT2D eigenvalue weighted by Gasteiger charge is 2.18. The number of para-hydroxylation sites is 1. The number of fused-ring (bicyclic) bond motifs is 1. The fourth-order valence-corrected chi connectivity index (χ4v) is 3.79. The van der Waals surface area contributed by atoms with Gasteiger partial charge in [-0.2, -0.15) is 0 Å². The Bertz CT molecular complexity index is 962. The van der Waals surface area contributed by atoms with Gasteiger partial charge in [0.15, 0.2) is 5.01 Å². The van der Waals surface area contributed by atoms with Crippen molar-refractivity contribution in [2.75, 3.05) is 0 Å². The summed E-state index contributed by atoms with van der Waals surface area (Å²) in [4.78, 5) is 21.3. The van der Waals surface area contributed by atoms with E-state index in [1.54, 1.807) is 12.5 Å². The summed E-state index contributed by atoms with van der Waals surface area (Å²) in [5.74, 6) is -0.132. The maximum Gasteiger partial charge on any atom is 0.280 e. The monoisotopic (exact) mass is 362 g/mol. The lowest BCUT2D eigenvalue weighted by atomic mass is 10.1. The molecule has 1 atom stereocenters. The van der Waals surface area contributed by atoms with Crippen LogP contribution >= 0.6 is 11.3 Å². The summed E-state index contributed by atoms with van der Waals surface area (Å²) in [7, 11) is 0. The third kappa shape index (κ3) is 3.81. The van der Waals surface area contributed by atoms with E-state index in [0.717, 1.165) is 16.6 Å². The molecule has 130 valence electrons. The molecule has 0 bridgehead atoms. The molecular weight excluding hydrogens is 344 g/mol. The number of carbonyl (C=O) groups is 1. The van der Waals surface area contributed by atoms with Crippen molar-refractivity contribution in [3.63, 3.8) is 0 Å². The SMILES string of the molecule is O=C(NC(Cc1ccccc1)Cn1ccnc1)c1nc2ccccc2s1. The van der Waals surface area contributed by atoms with Gasteiger partial charge in [-0.25, -0.2) is 9.97 Å². The summed E-state index contributed by atoms with van der Waals surface area (Å²) in [5.41, 5.74) is 2.04. The van der Waals surface area contributed by atoms with Crippen LogP contribution in [0.15, 0.2) is 73.3 Å². The number of hydrogen-bond acceptors (Lipinski definition) is 4. The van der Waals surface area contributed by atoms with Gasteiger partial charge in [0.2, 0.25) is 0 Å². The van der Waals surface area contributed by atoms with Crippen LogP contribution in [0.2, 0.25) is 0 Å². The van der Waals surface area contributed by atoms with Crippen LogP contribution in [0.1, 0.15) is 15.4 Å². The summed E-state index contributed by atoms with van der Waals surface area (Å²) in [5, 5.41) is 3.64. The molecule has 4 aromatic rings. The van der Waals surface area contributed by atoms with Gasteiger partial charge in [-0.3, -0.25) is 4.79 Å². The van der Waals surface area contributed by atoms with Crippen LogP contribution in [0.25, 0.3) is 10.2 Å². The van der Waals surface area contributed by atoms with Crippen molar-refractivity contribution in [2.24, 2.45) is 0 Å². The number of amides is 1. The van der Waals surface area contributed by atoms with E-state index in [0.29, 0.717) is 11.6 Å². The fourth-order valence-electron chi connectivity index (χ4n) is 2.93. The Kier molecular flexibility index (Phi) is 4.75. The lowest BCUT2D eigenvalue weighted by molar-refractivity contribution is 0.0932. The fraction of sp³-hybridized carbons (Fsp3) is 0.150. The lowest BCUT2D eigenvalue weighted by Gasteiger charge is -2.19. The first-order valence-electron chi connectivity index (χ1n) is 8.44. The van der Waals surface area contributed by atoms with E-state index in [4.69, 9.17) is 0 Å². The first-order chi connectivity index (χ1) is 12.8. The van der Waals surface area contributed by atoms with Gasteiger partial charge in [0.25, 0.3) is 5.91 Å². The Morgan fingerprint density at radius 3 is 2.69 bits per heavy atom. The maximum absolute atomic E-state index is 12.8. The van der Waals surface area contributed by atoms with Crippen molar-refractivity contribution in [2.45, 2.75) is 19.0 Å². The molecule has 6 heteroatoms. The number of carbonyl (C=O) groups excluding carboxylic acids is 1. The van der Waals surface area contributed by atoms with Crippen LogP contribution < -0.4 is 5.32 Å². The average molecular weight is 362 g/mol. The quantitative estimate of drug-likeness (QED) is 0.571. The van der Waals surface area contributed by atoms with Gasteiger partial charge >= 0.3 is 0 Å². The molecule has 0 saturated carbocycles. The number of rotatable bonds is 6. The number of imidazole rings is 1. The predicted molar refractivity (Wildman–Crippen MR) is 103 cm³/mol. The molecule has 2 aromatic heterocycles. The lowest BCUT2D eigenvalue weighted by Crippen LogP contribution is -2.39. The zero-order valence-corrected chi connectivity index (χ0v) is 14.9. The molecule has 1 N–H and O–H groups in total. The molecule has 0 saturated heterocycles. The Hall–Kier alpha value is -2.99. The molecule has 4 rings (SSSR count). The Balaban J connectivity index is 1.53. The van der Waals surface area contributed by atoms with E-state index in [-0.39, 0.29) is 11.9 Å². The standard InChI is InChI=1S/C20H18N4OS/c25-19(20-23-17-8-4-5-9-18(17)26-20)22-16(13-24-11-10-21-14-24)12-15-6-2-1-3-7-15/h1-11,14,16H,12-13H2,(H,22,25). The molecule has 1 unspecified atom stereocenters. The van der Waals surface area contributed by atoms with Crippen molar-refractivity contribution in [3.05, 3.63) is 83.9 Å². The summed E-state index contributed by atoms with van der Waals surface area (Å²) < 4.78 is 3.00. The number of hydrogen-bond donors (Lipinski definition) is 1. The van der Waals surface area contributed by atoms with Crippen molar-refractivity contribution in [1.29, 1.82) is 0 Å². The van der Waals surface area contributed by atoms with E-state index < -0.39 is 0 Å². The van der Waals surface area contributed by atoms with E-state index in [9.17, 15) is 4.79 Å². The van der Waals surface area contributed by atoms with Gasteiger partial charge < -0.3 is 9.88 Å². The maximum atomic E-state index is 12.8. The number of aromatic nitrogens is 3. The highest BCUT2D eigenvalue weighted by molar-refractivity contribution is 7.20. The number of nitrogens with zero attached hydrogens (tertiary/aromatic N) is 3. The molecule has 0 aliphatic carbocycles. The van der Waals surface area contributed by atoms with Crippen LogP contribution in [-0.4, -0.2) is 26.5 Å². The van der Waals surface area contributed by atoms with Crippen LogP contribution in [0.5, 0.6) is 0 Å². The molecule has 2 heterocycles. The zero-order valence-electron chi connectivity index (χ0n) is 14.1. The van der Waals surface area contributed by atoms with Gasteiger partial charge in [0.05, 0.1) is 22.6 Å². The summed E-state index contributed by atoms with van der Waals surface area (Å²) in [6.45, 7) is 0.658. The third-order valence-corrected chi connectivity index (χ3v) is 5.17. The predicted octanol–water partition coefficient (Wildman–Crippen LogP) is 3.53. The molecule has 0 aliphatic heterocycles. The van der Waals surface area contributed by atoms with Crippen molar-refractivity contribution in [3.8, 4) is 0 Å². The number of nitrogens with one attached hydrogen (secondary N) is 1. The molecule has 26 heavy (non-hydrogen) atoms. The highest BCUT2D eigenvalue weighted by atomic mass is 32.1. The van der Waals surface area contributed by atoms with Crippen LogP contribution in [-0.2, 0) is 13.0 Å². The molecule has 1 amide bonds. The smallest absolute Gasteiger partial charge is 0.280 e. The zero-order chi connectivity index (χ0) is 17.8. The first-order valence-corrected chi connectivity index (χ1v) is 9.26. The van der Waals surface area contributed by atoms with Crippen molar-refractivity contribution < 1.29 is 4.79 Å². The molecule has 5 nitrogen and oxygen atoms in total. The second-order valence-electron chi connectivity index (χ2n) is 6.11. The average Bonchev–Trinajstić information content (AvgIpc) is 3.31. The van der Waals surface area contributed by atoms with Gasteiger partial charge in [0.1, 0.15) is 0 Å². The largest absolute Gasteiger partial charge is 0.345 e. The van der Waals surface area contributed by atoms with Gasteiger partial charge in [-0.1, -0.05) is 42.5 Å². The number of benzene rings is 2. The normalized spacial score (nSPS) is 12.2. The van der Waals surface area contributed by atoms with Crippen LogP contribution in [0.4, 0.5) is 0 Å². The van der Waals surface area contributed by atoms with E-state index in [1.165, 1.54) is 16.9 Å². The Morgan fingerprint density at radius 2 is 1.92 bits per heavy atom. The molecule has 2 aromatic carbocycles. The topological polar surface area (TPSA) is 59.8 Å².